The van der Waals surface area contributed by atoms with Crippen molar-refractivity contribution >= 4 is 29.3 Å². The standard InChI is InChI=1S/C20H27ClN4O2S/c1-3-25-19(14(2)27-17-11-7-8-15(21)12-17)23-24-20(25)28-13-18(26)22-16-9-5-4-6-10-16/h7-8,11-12,14,16H,3-6,9-10,13H2,1-2H3,(H,22,26). The first-order chi connectivity index (χ1) is 13.6. The minimum Gasteiger partial charge on any atom is -0.483 e. The Kier molecular flexibility index (Phi) is 7.62. The third kappa shape index (κ3) is 5.64. The second-order valence-corrected chi connectivity index (χ2v) is 8.37. The van der Waals surface area contributed by atoms with E-state index in [9.17, 15) is 4.79 Å². The number of hydrogen-bond donors (Lipinski definition) is 1. The molecular weight excluding hydrogens is 396 g/mol. The molecular formula is C20H27ClN4O2S. The molecule has 3 rings (SSSR count). The molecule has 0 bridgehead atoms. The van der Waals surface area contributed by atoms with Crippen molar-refractivity contribution in [3.63, 3.8) is 0 Å². The minimum absolute atomic E-state index is 0.0623. The van der Waals surface area contributed by atoms with Gasteiger partial charge >= 0.3 is 0 Å². The molecule has 1 aromatic carbocycles. The smallest absolute Gasteiger partial charge is 0.230 e. The molecule has 1 amide bonds. The van der Waals surface area contributed by atoms with E-state index < -0.39 is 0 Å². The summed E-state index contributed by atoms with van der Waals surface area (Å²) in [4.78, 5) is 12.3. The average Bonchev–Trinajstić information content (AvgIpc) is 3.10. The molecule has 0 radical (unpaired) electrons. The molecule has 0 spiro atoms. The molecule has 1 N–H and O–H groups in total. The van der Waals surface area contributed by atoms with Crippen LogP contribution in [0.4, 0.5) is 0 Å². The first kappa shape index (κ1) is 21.0. The fraction of sp³-hybridized carbons (Fsp3) is 0.550. The quantitative estimate of drug-likeness (QED) is 0.628. The van der Waals surface area contributed by atoms with Crippen molar-refractivity contribution in [2.75, 3.05) is 5.75 Å². The zero-order valence-electron chi connectivity index (χ0n) is 16.4. The van der Waals surface area contributed by atoms with Crippen molar-refractivity contribution in [3.05, 3.63) is 35.1 Å². The van der Waals surface area contributed by atoms with Gasteiger partial charge in [-0.15, -0.1) is 10.2 Å². The third-order valence-corrected chi connectivity index (χ3v) is 6.04. The summed E-state index contributed by atoms with van der Waals surface area (Å²) in [6.07, 6.45) is 5.58. The van der Waals surface area contributed by atoms with Crippen LogP contribution in [0.25, 0.3) is 0 Å². The van der Waals surface area contributed by atoms with Crippen LogP contribution in [-0.2, 0) is 11.3 Å². The number of aromatic nitrogens is 3. The molecule has 2 aromatic rings. The zero-order valence-corrected chi connectivity index (χ0v) is 17.9. The highest BCUT2D eigenvalue weighted by molar-refractivity contribution is 7.99. The van der Waals surface area contributed by atoms with Gasteiger partial charge in [-0.25, -0.2) is 0 Å². The van der Waals surface area contributed by atoms with Crippen LogP contribution in [0, 0.1) is 0 Å². The Morgan fingerprint density at radius 1 is 1.36 bits per heavy atom. The summed E-state index contributed by atoms with van der Waals surface area (Å²) in [7, 11) is 0. The van der Waals surface area contributed by atoms with Gasteiger partial charge in [-0.05, 0) is 44.9 Å². The second-order valence-electron chi connectivity index (χ2n) is 6.99. The molecule has 1 saturated carbocycles. The van der Waals surface area contributed by atoms with Crippen molar-refractivity contribution in [1.82, 2.24) is 20.1 Å². The summed E-state index contributed by atoms with van der Waals surface area (Å²) < 4.78 is 7.96. The molecule has 1 aliphatic carbocycles. The molecule has 28 heavy (non-hydrogen) atoms. The number of benzene rings is 1. The van der Waals surface area contributed by atoms with Crippen molar-refractivity contribution in [1.29, 1.82) is 0 Å². The summed E-state index contributed by atoms with van der Waals surface area (Å²) in [6.45, 7) is 4.67. The van der Waals surface area contributed by atoms with Crippen LogP contribution in [0.2, 0.25) is 5.02 Å². The predicted molar refractivity (Wildman–Crippen MR) is 112 cm³/mol. The highest BCUT2D eigenvalue weighted by atomic mass is 35.5. The number of carbonyl (C=O) groups excluding carboxylic acids is 1. The molecule has 1 atom stereocenters. The maximum absolute atomic E-state index is 12.3. The van der Waals surface area contributed by atoms with Gasteiger partial charge in [0.1, 0.15) is 5.75 Å². The molecule has 1 heterocycles. The highest BCUT2D eigenvalue weighted by Gasteiger charge is 2.20. The van der Waals surface area contributed by atoms with Crippen molar-refractivity contribution < 1.29 is 9.53 Å². The van der Waals surface area contributed by atoms with Gasteiger partial charge in [0.05, 0.1) is 5.75 Å². The van der Waals surface area contributed by atoms with Crippen LogP contribution in [0.1, 0.15) is 57.9 Å². The normalized spacial score (nSPS) is 16.0. The van der Waals surface area contributed by atoms with E-state index >= 15 is 0 Å². The number of amides is 1. The maximum atomic E-state index is 12.3. The van der Waals surface area contributed by atoms with Gasteiger partial charge in [-0.2, -0.15) is 0 Å². The molecule has 0 saturated heterocycles. The average molecular weight is 423 g/mol. The van der Waals surface area contributed by atoms with Gasteiger partial charge in [0.2, 0.25) is 5.91 Å². The summed E-state index contributed by atoms with van der Waals surface area (Å²) >= 11 is 7.44. The summed E-state index contributed by atoms with van der Waals surface area (Å²) in [6, 6.07) is 7.62. The van der Waals surface area contributed by atoms with Gasteiger partial charge < -0.3 is 14.6 Å². The lowest BCUT2D eigenvalue weighted by Gasteiger charge is -2.22. The van der Waals surface area contributed by atoms with Gasteiger partial charge in [0, 0.05) is 17.6 Å². The molecule has 152 valence electrons. The predicted octanol–water partition coefficient (Wildman–Crippen LogP) is 4.63. The lowest BCUT2D eigenvalue weighted by molar-refractivity contribution is -0.119. The van der Waals surface area contributed by atoms with E-state index in [0.717, 1.165) is 23.8 Å². The molecule has 0 aliphatic heterocycles. The second kappa shape index (κ2) is 10.2. The van der Waals surface area contributed by atoms with E-state index in [-0.39, 0.29) is 12.0 Å². The number of nitrogens with zero attached hydrogens (tertiary/aromatic N) is 3. The molecule has 1 aliphatic rings. The molecule has 6 nitrogen and oxygen atoms in total. The van der Waals surface area contributed by atoms with Crippen molar-refractivity contribution in [2.24, 2.45) is 0 Å². The molecule has 1 fully saturated rings. The van der Waals surface area contributed by atoms with E-state index in [1.54, 1.807) is 12.1 Å². The summed E-state index contributed by atoms with van der Waals surface area (Å²) in [5.41, 5.74) is 0. The molecule has 1 aromatic heterocycles. The number of halogens is 1. The fourth-order valence-corrected chi connectivity index (χ4v) is 4.45. The lowest BCUT2D eigenvalue weighted by atomic mass is 9.95. The number of nitrogens with one attached hydrogen (secondary N) is 1. The van der Waals surface area contributed by atoms with Gasteiger partial charge in [0.15, 0.2) is 17.1 Å². The summed E-state index contributed by atoms with van der Waals surface area (Å²) in [5, 5.41) is 13.1. The van der Waals surface area contributed by atoms with Crippen LogP contribution < -0.4 is 10.1 Å². The number of carbonyl (C=O) groups is 1. The number of thioether (sulfide) groups is 1. The van der Waals surface area contributed by atoms with Crippen LogP contribution in [0.3, 0.4) is 0 Å². The monoisotopic (exact) mass is 422 g/mol. The zero-order chi connectivity index (χ0) is 19.9. The van der Waals surface area contributed by atoms with E-state index in [1.807, 2.05) is 30.5 Å². The molecule has 8 heteroatoms. The Morgan fingerprint density at radius 3 is 2.86 bits per heavy atom. The topological polar surface area (TPSA) is 69.0 Å². The van der Waals surface area contributed by atoms with Gasteiger partial charge in [0.25, 0.3) is 0 Å². The Bertz CT molecular complexity index is 792. The maximum Gasteiger partial charge on any atom is 0.230 e. The van der Waals surface area contributed by atoms with Crippen LogP contribution in [0.15, 0.2) is 29.4 Å². The van der Waals surface area contributed by atoms with E-state index in [4.69, 9.17) is 16.3 Å². The largest absolute Gasteiger partial charge is 0.483 e. The Morgan fingerprint density at radius 2 is 2.14 bits per heavy atom. The van der Waals surface area contributed by atoms with E-state index in [1.165, 1.54) is 31.0 Å². The number of hydrogen-bond acceptors (Lipinski definition) is 5. The molecule has 1 unspecified atom stereocenters. The first-order valence-electron chi connectivity index (χ1n) is 9.84. The Labute approximate surface area is 175 Å². The minimum atomic E-state index is -0.281. The fourth-order valence-electron chi connectivity index (χ4n) is 3.45. The van der Waals surface area contributed by atoms with E-state index in [0.29, 0.717) is 29.1 Å². The number of ether oxygens (including phenoxy) is 1. The highest BCUT2D eigenvalue weighted by Crippen LogP contribution is 2.26. The van der Waals surface area contributed by atoms with Crippen molar-refractivity contribution in [2.45, 2.75) is 69.8 Å². The first-order valence-corrected chi connectivity index (χ1v) is 11.2. The Hall–Kier alpha value is -1.73. The summed E-state index contributed by atoms with van der Waals surface area (Å²) in [5.74, 6) is 1.83. The van der Waals surface area contributed by atoms with Gasteiger partial charge in [-0.1, -0.05) is 48.7 Å². The lowest BCUT2D eigenvalue weighted by Crippen LogP contribution is -2.37. The van der Waals surface area contributed by atoms with Gasteiger partial charge in [-0.3, -0.25) is 4.79 Å². The van der Waals surface area contributed by atoms with Crippen molar-refractivity contribution in [3.8, 4) is 5.75 Å². The SMILES string of the molecule is CCn1c(SCC(=O)NC2CCCCC2)nnc1C(C)Oc1cccc(Cl)c1. The van der Waals surface area contributed by atoms with Crippen LogP contribution in [-0.4, -0.2) is 32.5 Å². The van der Waals surface area contributed by atoms with Crippen LogP contribution in [0.5, 0.6) is 5.75 Å². The number of rotatable bonds is 8. The van der Waals surface area contributed by atoms with E-state index in [2.05, 4.69) is 15.5 Å². The Balaban J connectivity index is 1.58. The third-order valence-electron chi connectivity index (χ3n) is 4.84. The van der Waals surface area contributed by atoms with Crippen LogP contribution >= 0.6 is 23.4 Å².